The van der Waals surface area contributed by atoms with Crippen LogP contribution in [0.25, 0.3) is 0 Å². The van der Waals surface area contributed by atoms with Crippen molar-refractivity contribution < 1.29 is 31.1 Å². The summed E-state index contributed by atoms with van der Waals surface area (Å²) in [5, 5.41) is 12.6. The summed E-state index contributed by atoms with van der Waals surface area (Å²) in [5.41, 5.74) is -4.67. The fourth-order valence-electron chi connectivity index (χ4n) is 4.95. The molecule has 2 aliphatic carbocycles. The number of fused-ring (bicyclic) bond motifs is 5. The standard InChI is InChI=1S/C23H14F6N4O2S2/c1-19-15(30-17(36-19)11-7-3-5-9-32(11)34)13-14(22(26,27)23(28,29)21(13,24)25)16-20(19,2)37-18(31-16)12-8-4-6-10-33(12)35/h3-10H,1-2H3. The smallest absolute Gasteiger partial charge is 0.380 e. The Balaban J connectivity index is 1.67. The van der Waals surface area contributed by atoms with E-state index in [1.165, 1.54) is 50.3 Å². The van der Waals surface area contributed by atoms with E-state index in [0.717, 1.165) is 35.9 Å². The third-order valence-corrected chi connectivity index (χ3v) is 10.2. The van der Waals surface area contributed by atoms with Gasteiger partial charge >= 0.3 is 17.8 Å². The van der Waals surface area contributed by atoms with E-state index in [2.05, 4.69) is 9.98 Å². The molecule has 0 saturated heterocycles. The Morgan fingerprint density at radius 1 is 0.838 bits per heavy atom. The number of hydrogen-bond donors (Lipinski definition) is 0. The first kappa shape index (κ1) is 24.5. The molecule has 14 heteroatoms. The van der Waals surface area contributed by atoms with Crippen LogP contribution < -0.4 is 0 Å². The van der Waals surface area contributed by atoms with Gasteiger partial charge in [-0.25, -0.2) is 9.98 Å². The summed E-state index contributed by atoms with van der Waals surface area (Å²) in [7, 11) is 0. The van der Waals surface area contributed by atoms with Crippen molar-refractivity contribution in [3.8, 4) is 0 Å². The molecule has 4 aliphatic heterocycles. The van der Waals surface area contributed by atoms with E-state index in [1.54, 1.807) is 0 Å². The predicted molar refractivity (Wildman–Crippen MR) is 128 cm³/mol. The van der Waals surface area contributed by atoms with Crippen LogP contribution in [0.2, 0.25) is 0 Å². The predicted octanol–water partition coefficient (Wildman–Crippen LogP) is 6.19. The van der Waals surface area contributed by atoms with Crippen LogP contribution in [0.5, 0.6) is 0 Å². The summed E-state index contributed by atoms with van der Waals surface area (Å²) in [6.07, 6.45) is 10.8. The molecule has 0 fully saturated rings. The number of thioether (sulfide) groups is 2. The van der Waals surface area contributed by atoms with Crippen molar-refractivity contribution in [3.63, 3.8) is 0 Å². The Hall–Kier alpha value is -2.84. The molecule has 37 heavy (non-hydrogen) atoms. The normalized spacial score (nSPS) is 38.2. The van der Waals surface area contributed by atoms with Crippen LogP contribution >= 0.6 is 23.5 Å². The maximum Gasteiger partial charge on any atom is 0.380 e. The Bertz CT molecular complexity index is 1490. The molecule has 4 heterocycles. The van der Waals surface area contributed by atoms with Crippen LogP contribution in [0.1, 0.15) is 13.8 Å². The Morgan fingerprint density at radius 2 is 1.38 bits per heavy atom. The SMILES string of the molecule is CC12SC(=C3C=CC=CN3[O-])N=C1C1=C(C3=NC(=C4C=CC=C[N+]4=O)SC32C)C(F)(F)C(F)(F)C1(F)F. The number of allylic oxidation sites excluding steroid dienone is 8. The zero-order valence-electron chi connectivity index (χ0n) is 18.8. The van der Waals surface area contributed by atoms with Crippen molar-refractivity contribution in [3.05, 3.63) is 91.6 Å². The third kappa shape index (κ3) is 2.75. The largest absolute Gasteiger partial charge is 0.754 e. The fourth-order valence-corrected chi connectivity index (χ4v) is 7.84. The summed E-state index contributed by atoms with van der Waals surface area (Å²) >= 11 is 1.65. The minimum atomic E-state index is -5.76. The van der Waals surface area contributed by atoms with Crippen molar-refractivity contribution in [1.82, 2.24) is 5.06 Å². The average Bonchev–Trinajstić information content (AvgIpc) is 3.39. The molecule has 0 N–H and O–H groups in total. The van der Waals surface area contributed by atoms with Gasteiger partial charge in [-0.2, -0.15) is 26.3 Å². The van der Waals surface area contributed by atoms with Gasteiger partial charge in [0.25, 0.3) is 5.70 Å². The van der Waals surface area contributed by atoms with Crippen molar-refractivity contribution >= 4 is 34.9 Å². The minimum Gasteiger partial charge on any atom is -0.754 e. The molecule has 192 valence electrons. The fraction of sp³-hybridized carbons (Fsp3) is 0.304. The van der Waals surface area contributed by atoms with Gasteiger partial charge in [-0.05, 0) is 38.3 Å². The number of aliphatic imine (C=N–C) groups is 2. The molecule has 6 aliphatic rings. The van der Waals surface area contributed by atoms with E-state index < -0.39 is 49.8 Å². The van der Waals surface area contributed by atoms with Gasteiger partial charge in [0.1, 0.15) is 5.03 Å². The summed E-state index contributed by atoms with van der Waals surface area (Å²) in [5.74, 6) is -16.3. The molecule has 0 bridgehead atoms. The van der Waals surface area contributed by atoms with Gasteiger partial charge in [0.15, 0.2) is 5.03 Å². The van der Waals surface area contributed by atoms with Crippen molar-refractivity contribution in [1.29, 1.82) is 0 Å². The zero-order valence-corrected chi connectivity index (χ0v) is 20.4. The maximum absolute atomic E-state index is 15.3. The first-order valence-electron chi connectivity index (χ1n) is 10.8. The lowest BCUT2D eigenvalue weighted by Gasteiger charge is -2.45. The van der Waals surface area contributed by atoms with Crippen LogP contribution in [0.4, 0.5) is 26.3 Å². The Kier molecular flexibility index (Phi) is 4.75. The molecule has 6 nitrogen and oxygen atoms in total. The van der Waals surface area contributed by atoms with Crippen LogP contribution in [0.3, 0.4) is 0 Å². The lowest BCUT2D eigenvalue weighted by Crippen LogP contribution is -2.58. The highest BCUT2D eigenvalue weighted by atomic mass is 32.2. The molecule has 0 spiro atoms. The van der Waals surface area contributed by atoms with E-state index >= 15 is 17.6 Å². The quantitative estimate of drug-likeness (QED) is 0.263. The second kappa shape index (κ2) is 7.17. The third-order valence-electron chi connectivity index (χ3n) is 7.07. The van der Waals surface area contributed by atoms with Crippen molar-refractivity contribution in [2.45, 2.75) is 41.1 Å². The number of nitrogens with zero attached hydrogens (tertiary/aromatic N) is 4. The van der Waals surface area contributed by atoms with Gasteiger partial charge in [-0.15, -0.1) is 0 Å². The monoisotopic (exact) mass is 556 g/mol. The first-order chi connectivity index (χ1) is 17.2. The molecule has 2 unspecified atom stereocenters. The molecular weight excluding hydrogens is 542 g/mol. The molecule has 0 aromatic rings. The highest BCUT2D eigenvalue weighted by molar-refractivity contribution is 8.10. The molecule has 0 saturated carbocycles. The van der Waals surface area contributed by atoms with Crippen LogP contribution in [0.15, 0.2) is 91.4 Å². The molecule has 0 aromatic carbocycles. The van der Waals surface area contributed by atoms with Crippen molar-refractivity contribution in [2.24, 2.45) is 9.98 Å². The minimum absolute atomic E-state index is 0.0626. The highest BCUT2D eigenvalue weighted by Crippen LogP contribution is 2.70. The molecule has 2 atom stereocenters. The summed E-state index contributed by atoms with van der Waals surface area (Å²) in [6.45, 7) is 2.83. The lowest BCUT2D eigenvalue weighted by atomic mass is 9.73. The van der Waals surface area contributed by atoms with Gasteiger partial charge in [0.2, 0.25) is 6.20 Å². The van der Waals surface area contributed by atoms with E-state index in [4.69, 9.17) is 0 Å². The molecule has 6 rings (SSSR count). The molecule has 0 radical (unpaired) electrons. The zero-order chi connectivity index (χ0) is 26.8. The van der Waals surface area contributed by atoms with E-state index in [-0.39, 0.29) is 21.5 Å². The number of rotatable bonds is 0. The van der Waals surface area contributed by atoms with Crippen LogP contribution in [0, 0.1) is 10.1 Å². The number of halogens is 6. The molecular formula is C23H14F6N4O2S2. The molecule has 0 amide bonds. The van der Waals surface area contributed by atoms with Crippen LogP contribution in [-0.2, 0) is 0 Å². The lowest BCUT2D eigenvalue weighted by molar-refractivity contribution is -0.420. The first-order valence-corrected chi connectivity index (χ1v) is 12.4. The summed E-state index contributed by atoms with van der Waals surface area (Å²) in [6, 6.07) is 0. The van der Waals surface area contributed by atoms with Crippen LogP contribution in [-0.4, -0.2) is 48.5 Å². The van der Waals surface area contributed by atoms with E-state index in [1.807, 2.05) is 0 Å². The topological polar surface area (TPSA) is 71.1 Å². The number of alkyl halides is 6. The Labute approximate surface area is 213 Å². The van der Waals surface area contributed by atoms with Gasteiger partial charge in [0.05, 0.1) is 42.5 Å². The van der Waals surface area contributed by atoms with Gasteiger partial charge < -0.3 is 10.3 Å². The number of nitroso groups, excluding NO2 is 1. The van der Waals surface area contributed by atoms with E-state index in [0.29, 0.717) is 9.82 Å². The summed E-state index contributed by atoms with van der Waals surface area (Å²) < 4.78 is 87.7. The van der Waals surface area contributed by atoms with Gasteiger partial charge in [-0.1, -0.05) is 29.6 Å². The second-order valence-electron chi connectivity index (χ2n) is 9.10. The number of hydroxylamine groups is 2. The van der Waals surface area contributed by atoms with Crippen molar-refractivity contribution in [2.75, 3.05) is 0 Å². The van der Waals surface area contributed by atoms with Gasteiger partial charge in [-0.3, -0.25) is 0 Å². The molecule has 0 aromatic heterocycles. The summed E-state index contributed by atoms with van der Waals surface area (Å²) in [4.78, 5) is 20.7. The maximum atomic E-state index is 15.3. The number of hydrogen-bond acceptors (Lipinski definition) is 7. The van der Waals surface area contributed by atoms with E-state index in [9.17, 15) is 18.9 Å². The van der Waals surface area contributed by atoms with Gasteiger partial charge in [0, 0.05) is 17.1 Å². The average molecular weight is 557 g/mol. The Morgan fingerprint density at radius 3 is 1.95 bits per heavy atom. The second-order valence-corrected chi connectivity index (χ2v) is 11.9. The highest BCUT2D eigenvalue weighted by Gasteiger charge is 2.85.